The van der Waals surface area contributed by atoms with Crippen molar-refractivity contribution < 1.29 is 15.0 Å². The predicted molar refractivity (Wildman–Crippen MR) is 37.7 cm³/mol. The first kappa shape index (κ1) is 13.0. The van der Waals surface area contributed by atoms with E-state index in [9.17, 15) is 4.79 Å². The van der Waals surface area contributed by atoms with Gasteiger partial charge in [-0.3, -0.25) is 10.1 Å². The number of hydrogen-bond acceptors (Lipinski definition) is 3. The predicted octanol–water partition coefficient (Wildman–Crippen LogP) is -0.990. The van der Waals surface area contributed by atoms with Gasteiger partial charge < -0.3 is 10.2 Å². The molecule has 0 spiro atoms. The van der Waals surface area contributed by atoms with Crippen LogP contribution in [0.4, 0.5) is 0 Å². The van der Waals surface area contributed by atoms with Gasteiger partial charge in [0.05, 0.1) is 6.73 Å². The van der Waals surface area contributed by atoms with Crippen molar-refractivity contribution in [3.8, 4) is 0 Å². The van der Waals surface area contributed by atoms with Gasteiger partial charge in [-0.1, -0.05) is 0 Å². The average molecular weight is 156 g/mol. The van der Waals surface area contributed by atoms with Crippen molar-refractivity contribution in [2.24, 2.45) is 0 Å². The number of aliphatic carboxylic acids is 1. The van der Waals surface area contributed by atoms with Gasteiger partial charge in [-0.15, -0.1) is 0 Å². The largest absolute Gasteiger partial charge is 0.481 e. The molecule has 0 rings (SSSR count). The molecule has 5 heteroatoms. The van der Waals surface area contributed by atoms with Crippen LogP contribution in [0.1, 0.15) is 12.8 Å². The van der Waals surface area contributed by atoms with Crippen LogP contribution in [0.25, 0.3) is 0 Å². The maximum atomic E-state index is 9.87. The molecule has 0 aliphatic heterocycles. The second kappa shape index (κ2) is 9.39. The van der Waals surface area contributed by atoms with Crippen LogP contribution in [-0.2, 0) is 4.79 Å². The number of hydrogen-bond donors (Lipinski definition) is 3. The zero-order chi connectivity index (χ0) is 7.11. The molecule has 10 heavy (non-hydrogen) atoms. The van der Waals surface area contributed by atoms with Crippen molar-refractivity contribution in [3.05, 3.63) is 0 Å². The minimum absolute atomic E-state index is 0. The van der Waals surface area contributed by atoms with Crippen LogP contribution in [0.2, 0.25) is 0 Å². The van der Waals surface area contributed by atoms with Gasteiger partial charge in [0.1, 0.15) is 0 Å². The maximum absolute atomic E-state index is 9.87. The Labute approximate surface area is 81.9 Å². The first-order valence-corrected chi connectivity index (χ1v) is 2.80. The molecule has 0 saturated heterocycles. The fourth-order valence-electron chi connectivity index (χ4n) is 0.444. The summed E-state index contributed by atoms with van der Waals surface area (Å²) in [5, 5.41) is 18.9. The van der Waals surface area contributed by atoms with Crippen LogP contribution in [0, 0.1) is 0 Å². The first-order valence-electron chi connectivity index (χ1n) is 2.80. The molecular weight excluding hydrogens is 145 g/mol. The smallest absolute Gasteiger partial charge is 0.303 e. The van der Waals surface area contributed by atoms with Crippen molar-refractivity contribution in [1.29, 1.82) is 0 Å². The van der Waals surface area contributed by atoms with Crippen molar-refractivity contribution >= 4 is 35.5 Å². The Kier molecular flexibility index (Phi) is 12.2. The summed E-state index contributed by atoms with van der Waals surface area (Å²) in [5.74, 6) is -0.797. The van der Waals surface area contributed by atoms with Gasteiger partial charge in [0.25, 0.3) is 0 Å². The third-order valence-corrected chi connectivity index (χ3v) is 0.856. The fraction of sp³-hybridized carbons (Fsp3) is 0.800. The molecule has 4 nitrogen and oxygen atoms in total. The maximum Gasteiger partial charge on any atom is 0.303 e. The number of aliphatic hydroxyl groups is 1. The van der Waals surface area contributed by atoms with E-state index in [1.54, 1.807) is 0 Å². The topological polar surface area (TPSA) is 69.6 Å². The quantitative estimate of drug-likeness (QED) is 0.271. The molecular formula is C5H11NNaO3. The first-order chi connectivity index (χ1) is 4.27. The summed E-state index contributed by atoms with van der Waals surface area (Å²) in [6, 6.07) is 0. The van der Waals surface area contributed by atoms with E-state index in [2.05, 4.69) is 5.32 Å². The average Bonchev–Trinajstić information content (AvgIpc) is 1.80. The van der Waals surface area contributed by atoms with Gasteiger partial charge in [-0.05, 0) is 13.0 Å². The molecule has 0 fully saturated rings. The Morgan fingerprint density at radius 1 is 1.50 bits per heavy atom. The molecule has 0 aromatic rings. The Morgan fingerprint density at radius 2 is 2.10 bits per heavy atom. The van der Waals surface area contributed by atoms with Crippen LogP contribution in [0.5, 0.6) is 0 Å². The molecule has 0 saturated carbocycles. The number of carbonyl (C=O) groups is 1. The number of carboxylic acid groups (broad SMARTS) is 1. The second-order valence-corrected chi connectivity index (χ2v) is 1.66. The van der Waals surface area contributed by atoms with Crippen LogP contribution >= 0.6 is 0 Å². The molecule has 3 N–H and O–H groups in total. The molecule has 0 unspecified atom stereocenters. The Morgan fingerprint density at radius 3 is 2.50 bits per heavy atom. The van der Waals surface area contributed by atoms with Gasteiger partial charge in [-0.25, -0.2) is 0 Å². The van der Waals surface area contributed by atoms with Gasteiger partial charge in [0.2, 0.25) is 0 Å². The molecule has 0 bridgehead atoms. The Hall–Kier alpha value is 0.390. The van der Waals surface area contributed by atoms with E-state index < -0.39 is 5.97 Å². The molecule has 0 atom stereocenters. The standard InChI is InChI=1S/C5H11NO3.Na/c7-4-6-3-1-2-5(8)9;/h6-7H,1-4H2,(H,8,9);. The van der Waals surface area contributed by atoms with E-state index in [0.29, 0.717) is 13.0 Å². The monoisotopic (exact) mass is 156 g/mol. The molecule has 0 aromatic heterocycles. The number of aliphatic hydroxyl groups excluding tert-OH is 1. The Bertz CT molecular complexity index is 89.0. The third kappa shape index (κ3) is 11.2. The van der Waals surface area contributed by atoms with E-state index in [1.165, 1.54) is 0 Å². The minimum Gasteiger partial charge on any atom is -0.481 e. The van der Waals surface area contributed by atoms with Gasteiger partial charge in [0.15, 0.2) is 0 Å². The fourth-order valence-corrected chi connectivity index (χ4v) is 0.444. The summed E-state index contributed by atoms with van der Waals surface area (Å²) >= 11 is 0. The molecule has 0 aliphatic carbocycles. The zero-order valence-corrected chi connectivity index (χ0v) is 8.13. The summed E-state index contributed by atoms with van der Waals surface area (Å²) in [5.41, 5.74) is 0. The van der Waals surface area contributed by atoms with Crippen LogP contribution in [0.15, 0.2) is 0 Å². The van der Waals surface area contributed by atoms with E-state index in [-0.39, 0.29) is 42.7 Å². The van der Waals surface area contributed by atoms with E-state index in [0.717, 1.165) is 0 Å². The van der Waals surface area contributed by atoms with Crippen molar-refractivity contribution in [2.75, 3.05) is 13.3 Å². The van der Waals surface area contributed by atoms with Gasteiger partial charge >= 0.3 is 5.97 Å². The van der Waals surface area contributed by atoms with Gasteiger partial charge in [0, 0.05) is 36.0 Å². The molecule has 0 aliphatic rings. The normalized spacial score (nSPS) is 8.50. The van der Waals surface area contributed by atoms with Crippen LogP contribution < -0.4 is 5.32 Å². The van der Waals surface area contributed by atoms with Gasteiger partial charge in [-0.2, -0.15) is 0 Å². The SMILES string of the molecule is O=C(O)CCCNCO.[Na]. The zero-order valence-electron chi connectivity index (χ0n) is 6.13. The number of rotatable bonds is 5. The molecule has 1 radical (unpaired) electrons. The Balaban J connectivity index is 0. The second-order valence-electron chi connectivity index (χ2n) is 1.66. The van der Waals surface area contributed by atoms with Crippen LogP contribution in [-0.4, -0.2) is 59.0 Å². The van der Waals surface area contributed by atoms with Crippen molar-refractivity contribution in [1.82, 2.24) is 5.32 Å². The minimum atomic E-state index is -0.797. The van der Waals surface area contributed by atoms with E-state index >= 15 is 0 Å². The molecule has 55 valence electrons. The van der Waals surface area contributed by atoms with Crippen LogP contribution in [0.3, 0.4) is 0 Å². The number of nitrogens with one attached hydrogen (secondary N) is 1. The summed E-state index contributed by atoms with van der Waals surface area (Å²) in [4.78, 5) is 9.87. The van der Waals surface area contributed by atoms with Crippen molar-refractivity contribution in [2.45, 2.75) is 12.8 Å². The molecule has 0 amide bonds. The van der Waals surface area contributed by atoms with E-state index in [1.807, 2.05) is 0 Å². The number of carboxylic acids is 1. The molecule has 0 aromatic carbocycles. The summed E-state index contributed by atoms with van der Waals surface area (Å²) < 4.78 is 0. The van der Waals surface area contributed by atoms with Crippen molar-refractivity contribution in [3.63, 3.8) is 0 Å². The summed E-state index contributed by atoms with van der Waals surface area (Å²) in [6.45, 7) is 0.475. The summed E-state index contributed by atoms with van der Waals surface area (Å²) in [7, 11) is 0. The summed E-state index contributed by atoms with van der Waals surface area (Å²) in [6.07, 6.45) is 0.725. The third-order valence-electron chi connectivity index (χ3n) is 0.856. The van der Waals surface area contributed by atoms with E-state index in [4.69, 9.17) is 10.2 Å². The molecule has 0 heterocycles.